The van der Waals surface area contributed by atoms with Crippen LogP contribution in [0.25, 0.3) is 0 Å². The van der Waals surface area contributed by atoms with Crippen molar-refractivity contribution in [2.75, 3.05) is 0 Å². The zero-order chi connectivity index (χ0) is 9.54. The Morgan fingerprint density at radius 3 is 2.93 bits per heavy atom. The third-order valence-electron chi connectivity index (χ3n) is 4.07. The Morgan fingerprint density at radius 1 is 1.29 bits per heavy atom. The summed E-state index contributed by atoms with van der Waals surface area (Å²) in [6.07, 6.45) is 7.57. The molecular formula is C12H18N2. The van der Waals surface area contributed by atoms with Crippen LogP contribution in [0.15, 0.2) is 18.3 Å². The monoisotopic (exact) mass is 190 g/mol. The largest absolute Gasteiger partial charge is 0.364 e. The molecule has 2 saturated carbocycles. The van der Waals surface area contributed by atoms with Crippen LogP contribution in [0.5, 0.6) is 0 Å². The molecule has 2 heteroatoms. The molecule has 4 unspecified atom stereocenters. The molecule has 0 aliphatic heterocycles. The quantitative estimate of drug-likeness (QED) is 0.739. The van der Waals surface area contributed by atoms with Crippen molar-refractivity contribution in [3.05, 3.63) is 24.0 Å². The van der Waals surface area contributed by atoms with E-state index < -0.39 is 0 Å². The van der Waals surface area contributed by atoms with E-state index in [1.807, 2.05) is 12.3 Å². The Kier molecular flexibility index (Phi) is 1.91. The maximum absolute atomic E-state index is 6.26. The summed E-state index contributed by atoms with van der Waals surface area (Å²) in [7, 11) is 0. The van der Waals surface area contributed by atoms with Gasteiger partial charge in [0.15, 0.2) is 0 Å². The van der Waals surface area contributed by atoms with Crippen molar-refractivity contribution in [3.63, 3.8) is 0 Å². The molecule has 0 saturated heterocycles. The summed E-state index contributed by atoms with van der Waals surface area (Å²) in [5.41, 5.74) is 7.48. The first-order valence-electron chi connectivity index (χ1n) is 5.73. The molecule has 14 heavy (non-hydrogen) atoms. The Labute approximate surface area is 84.9 Å². The summed E-state index contributed by atoms with van der Waals surface area (Å²) >= 11 is 0. The zero-order valence-corrected chi connectivity index (χ0v) is 8.45. The molecule has 0 spiro atoms. The highest BCUT2D eigenvalue weighted by Gasteiger charge is 2.43. The van der Waals surface area contributed by atoms with Crippen molar-refractivity contribution in [2.45, 2.75) is 31.7 Å². The lowest BCUT2D eigenvalue weighted by molar-refractivity contribution is 0.293. The molecule has 76 valence electrons. The van der Waals surface area contributed by atoms with Gasteiger partial charge in [0, 0.05) is 17.9 Å². The number of fused-ring (bicyclic) bond motifs is 1. The van der Waals surface area contributed by atoms with Gasteiger partial charge in [0.25, 0.3) is 0 Å². The Balaban J connectivity index is 1.69. The molecular weight excluding hydrogens is 172 g/mol. The average Bonchev–Trinajstić information content (AvgIpc) is 2.78. The lowest BCUT2D eigenvalue weighted by atomic mass is 9.83. The fourth-order valence-electron chi connectivity index (χ4n) is 3.02. The minimum atomic E-state index is 0.242. The molecule has 3 rings (SSSR count). The van der Waals surface area contributed by atoms with Crippen molar-refractivity contribution < 1.29 is 0 Å². The second-order valence-electron chi connectivity index (χ2n) is 4.98. The van der Waals surface area contributed by atoms with Gasteiger partial charge in [0.1, 0.15) is 0 Å². The molecule has 4 atom stereocenters. The van der Waals surface area contributed by atoms with Crippen molar-refractivity contribution in [1.29, 1.82) is 0 Å². The zero-order valence-electron chi connectivity index (χ0n) is 8.45. The van der Waals surface area contributed by atoms with Gasteiger partial charge in [-0.15, -0.1) is 0 Å². The summed E-state index contributed by atoms with van der Waals surface area (Å²) in [6, 6.07) is 4.40. The fourth-order valence-corrected chi connectivity index (χ4v) is 3.02. The highest BCUT2D eigenvalue weighted by molar-refractivity contribution is 5.11. The van der Waals surface area contributed by atoms with E-state index in [9.17, 15) is 0 Å². The van der Waals surface area contributed by atoms with Crippen LogP contribution < -0.4 is 5.73 Å². The van der Waals surface area contributed by atoms with Gasteiger partial charge in [0.2, 0.25) is 0 Å². The van der Waals surface area contributed by atoms with E-state index in [0.717, 1.165) is 17.8 Å². The fraction of sp³-hybridized carbons (Fsp3) is 0.667. The lowest BCUT2D eigenvalue weighted by Gasteiger charge is -2.26. The van der Waals surface area contributed by atoms with Gasteiger partial charge < -0.3 is 10.7 Å². The van der Waals surface area contributed by atoms with Crippen LogP contribution in [0.1, 0.15) is 37.4 Å². The predicted molar refractivity (Wildman–Crippen MR) is 56.7 cm³/mol. The first-order valence-corrected chi connectivity index (χ1v) is 5.73. The van der Waals surface area contributed by atoms with Crippen LogP contribution >= 0.6 is 0 Å². The Bertz CT molecular complexity index is 304. The number of hydrogen-bond acceptors (Lipinski definition) is 1. The Morgan fingerprint density at radius 2 is 2.21 bits per heavy atom. The van der Waals surface area contributed by atoms with Crippen molar-refractivity contribution >= 4 is 0 Å². The van der Waals surface area contributed by atoms with Gasteiger partial charge in [0.05, 0.1) is 0 Å². The summed E-state index contributed by atoms with van der Waals surface area (Å²) in [6.45, 7) is 0. The standard InChI is InChI=1S/C12H18N2/c13-12(11-2-1-5-14-11)9-4-3-8-6-10(8)7-9/h1-2,5,8-10,12,14H,3-4,6-7,13H2. The highest BCUT2D eigenvalue weighted by atomic mass is 14.8. The van der Waals surface area contributed by atoms with Crippen molar-refractivity contribution in [2.24, 2.45) is 23.5 Å². The van der Waals surface area contributed by atoms with Gasteiger partial charge in [-0.25, -0.2) is 0 Å². The smallest absolute Gasteiger partial charge is 0.0476 e. The summed E-state index contributed by atoms with van der Waals surface area (Å²) < 4.78 is 0. The van der Waals surface area contributed by atoms with Crippen LogP contribution in [-0.4, -0.2) is 4.98 Å². The number of aromatic amines is 1. The van der Waals surface area contributed by atoms with E-state index in [1.54, 1.807) is 0 Å². The molecule has 0 radical (unpaired) electrons. The number of H-pyrrole nitrogens is 1. The normalized spacial score (nSPS) is 37.6. The second-order valence-corrected chi connectivity index (χ2v) is 4.98. The molecule has 3 N–H and O–H groups in total. The van der Waals surface area contributed by atoms with Gasteiger partial charge in [-0.05, 0) is 55.6 Å². The van der Waals surface area contributed by atoms with E-state index in [0.29, 0.717) is 0 Å². The molecule has 1 heterocycles. The third-order valence-corrected chi connectivity index (χ3v) is 4.07. The van der Waals surface area contributed by atoms with Crippen LogP contribution in [0, 0.1) is 17.8 Å². The van der Waals surface area contributed by atoms with Crippen LogP contribution in [0.4, 0.5) is 0 Å². The van der Waals surface area contributed by atoms with Crippen molar-refractivity contribution in [1.82, 2.24) is 4.98 Å². The third kappa shape index (κ3) is 1.38. The topological polar surface area (TPSA) is 41.8 Å². The van der Waals surface area contributed by atoms with Gasteiger partial charge in [-0.1, -0.05) is 0 Å². The first kappa shape index (κ1) is 8.54. The maximum Gasteiger partial charge on any atom is 0.0476 e. The van der Waals surface area contributed by atoms with Crippen molar-refractivity contribution in [3.8, 4) is 0 Å². The molecule has 2 aliphatic carbocycles. The minimum Gasteiger partial charge on any atom is -0.364 e. The number of rotatable bonds is 2. The second kappa shape index (κ2) is 3.13. The first-order chi connectivity index (χ1) is 6.84. The summed E-state index contributed by atoms with van der Waals surface area (Å²) in [4.78, 5) is 3.24. The van der Waals surface area contributed by atoms with Gasteiger partial charge >= 0.3 is 0 Å². The van der Waals surface area contributed by atoms with E-state index >= 15 is 0 Å². The van der Waals surface area contributed by atoms with E-state index in [-0.39, 0.29) is 6.04 Å². The highest BCUT2D eigenvalue weighted by Crippen LogP contribution is 2.53. The number of nitrogens with one attached hydrogen (secondary N) is 1. The molecule has 2 aliphatic rings. The molecule has 0 bridgehead atoms. The Hall–Kier alpha value is -0.760. The van der Waals surface area contributed by atoms with Gasteiger partial charge in [-0.3, -0.25) is 0 Å². The molecule has 2 nitrogen and oxygen atoms in total. The lowest BCUT2D eigenvalue weighted by Crippen LogP contribution is -2.24. The van der Waals surface area contributed by atoms with Crippen LogP contribution in [0.3, 0.4) is 0 Å². The van der Waals surface area contributed by atoms with E-state index in [2.05, 4.69) is 11.1 Å². The number of aromatic nitrogens is 1. The minimum absolute atomic E-state index is 0.242. The maximum atomic E-state index is 6.26. The molecule has 1 aromatic heterocycles. The molecule has 0 aromatic carbocycles. The number of nitrogens with two attached hydrogens (primary N) is 1. The number of hydrogen-bond donors (Lipinski definition) is 2. The van der Waals surface area contributed by atoms with Gasteiger partial charge in [-0.2, -0.15) is 0 Å². The predicted octanol–water partition coefficient (Wildman–Crippen LogP) is 2.45. The molecule has 2 fully saturated rings. The summed E-state index contributed by atoms with van der Waals surface area (Å²) in [5.74, 6) is 2.81. The molecule has 1 aromatic rings. The van der Waals surface area contributed by atoms with E-state index in [4.69, 9.17) is 5.73 Å². The molecule has 0 amide bonds. The van der Waals surface area contributed by atoms with Crippen LogP contribution in [0.2, 0.25) is 0 Å². The average molecular weight is 190 g/mol. The SMILES string of the molecule is NC(c1ccc[nH]1)C1CCC2CC2C1. The summed E-state index contributed by atoms with van der Waals surface area (Å²) in [5, 5.41) is 0. The van der Waals surface area contributed by atoms with Crippen LogP contribution in [-0.2, 0) is 0 Å². The van der Waals surface area contributed by atoms with E-state index in [1.165, 1.54) is 31.4 Å².